The molecule has 6 heteroatoms. The van der Waals surface area contributed by atoms with Crippen molar-refractivity contribution in [2.24, 2.45) is 0 Å². The molecule has 0 saturated carbocycles. The molecular weight excluding hydrogens is 352 g/mol. The third-order valence-electron chi connectivity index (χ3n) is 4.35. The number of pyridine rings is 1. The third kappa shape index (κ3) is 4.52. The molecule has 1 amide bonds. The lowest BCUT2D eigenvalue weighted by Gasteiger charge is -2.20. The second kappa shape index (κ2) is 8.17. The van der Waals surface area contributed by atoms with Crippen LogP contribution < -0.4 is 10.1 Å². The maximum atomic E-state index is 12.9. The number of ether oxygens (including phenoxy) is 1. The fourth-order valence-corrected chi connectivity index (χ4v) is 2.76. The maximum Gasteiger partial charge on any atom is 0.255 e. The normalized spacial score (nSPS) is 12.3. The molecule has 6 nitrogen and oxygen atoms in total. The maximum absolute atomic E-state index is 12.9. The van der Waals surface area contributed by atoms with E-state index >= 15 is 0 Å². The minimum absolute atomic E-state index is 0.169. The van der Waals surface area contributed by atoms with Crippen LogP contribution in [-0.4, -0.2) is 28.0 Å². The van der Waals surface area contributed by atoms with Crippen LogP contribution in [-0.2, 0) is 5.41 Å². The second-order valence-electron chi connectivity index (χ2n) is 7.51. The summed E-state index contributed by atoms with van der Waals surface area (Å²) in [6, 6.07) is 11.0. The smallest absolute Gasteiger partial charge is 0.255 e. The molecule has 0 radical (unpaired) electrons. The number of hydrogen-bond acceptors (Lipinski definition) is 5. The monoisotopic (exact) mass is 376 g/mol. The van der Waals surface area contributed by atoms with E-state index < -0.39 is 0 Å². The van der Waals surface area contributed by atoms with Crippen molar-refractivity contribution in [2.75, 3.05) is 7.11 Å². The zero-order valence-corrected chi connectivity index (χ0v) is 16.5. The minimum Gasteiger partial charge on any atom is -0.497 e. The summed E-state index contributed by atoms with van der Waals surface area (Å²) in [7, 11) is 1.62. The van der Waals surface area contributed by atoms with Crippen molar-refractivity contribution >= 4 is 5.91 Å². The summed E-state index contributed by atoms with van der Waals surface area (Å²) in [4.78, 5) is 25.6. The minimum atomic E-state index is -0.330. The Morgan fingerprint density at radius 2 is 1.54 bits per heavy atom. The van der Waals surface area contributed by atoms with Gasteiger partial charge in [-0.15, -0.1) is 0 Å². The lowest BCUT2D eigenvalue weighted by atomic mass is 9.96. The van der Waals surface area contributed by atoms with E-state index in [9.17, 15) is 4.79 Å². The van der Waals surface area contributed by atoms with Gasteiger partial charge in [0.15, 0.2) is 0 Å². The van der Waals surface area contributed by atoms with Crippen LogP contribution in [0.5, 0.6) is 5.75 Å². The summed E-state index contributed by atoms with van der Waals surface area (Å²) in [5, 5.41) is 3.07. The number of rotatable bonds is 5. The zero-order chi connectivity index (χ0) is 20.1. The van der Waals surface area contributed by atoms with Crippen molar-refractivity contribution in [1.29, 1.82) is 0 Å². The first-order chi connectivity index (χ1) is 13.4. The van der Waals surface area contributed by atoms with Crippen LogP contribution in [0.3, 0.4) is 0 Å². The topological polar surface area (TPSA) is 77.0 Å². The molecule has 144 valence electrons. The fraction of sp³-hybridized carbons (Fsp3) is 0.273. The predicted octanol–water partition coefficient (Wildman–Crippen LogP) is 3.70. The van der Waals surface area contributed by atoms with E-state index in [2.05, 4.69) is 20.3 Å². The predicted molar refractivity (Wildman–Crippen MR) is 107 cm³/mol. The van der Waals surface area contributed by atoms with Gasteiger partial charge in [-0.25, -0.2) is 9.97 Å². The van der Waals surface area contributed by atoms with Crippen LogP contribution in [0, 0.1) is 0 Å². The molecule has 0 fully saturated rings. The summed E-state index contributed by atoms with van der Waals surface area (Å²) < 4.78 is 5.23. The molecule has 0 saturated heterocycles. The molecule has 0 bridgehead atoms. The van der Waals surface area contributed by atoms with E-state index in [0.29, 0.717) is 11.4 Å². The van der Waals surface area contributed by atoms with Crippen LogP contribution in [0.1, 0.15) is 54.1 Å². The van der Waals surface area contributed by atoms with Crippen molar-refractivity contribution in [3.8, 4) is 5.75 Å². The Kier molecular flexibility index (Phi) is 5.68. The average Bonchev–Trinajstić information content (AvgIpc) is 2.72. The van der Waals surface area contributed by atoms with Crippen molar-refractivity contribution in [3.05, 3.63) is 83.7 Å². The van der Waals surface area contributed by atoms with Crippen molar-refractivity contribution in [1.82, 2.24) is 20.3 Å². The van der Waals surface area contributed by atoms with Gasteiger partial charge in [0.1, 0.15) is 11.6 Å². The number of aromatic nitrogens is 3. The lowest BCUT2D eigenvalue weighted by molar-refractivity contribution is 0.0942. The number of nitrogens with zero attached hydrogens (tertiary/aromatic N) is 3. The Balaban J connectivity index is 1.87. The highest BCUT2D eigenvalue weighted by molar-refractivity contribution is 5.94. The summed E-state index contributed by atoms with van der Waals surface area (Å²) in [5.41, 5.74) is 2.12. The van der Waals surface area contributed by atoms with Gasteiger partial charge in [0.25, 0.3) is 5.91 Å². The van der Waals surface area contributed by atoms with Crippen molar-refractivity contribution < 1.29 is 9.53 Å². The molecule has 2 aromatic heterocycles. The third-order valence-corrected chi connectivity index (χ3v) is 4.35. The Morgan fingerprint density at radius 3 is 2.07 bits per heavy atom. The molecule has 28 heavy (non-hydrogen) atoms. The summed E-state index contributed by atoms with van der Waals surface area (Å²) in [6.07, 6.45) is 6.56. The van der Waals surface area contributed by atoms with Crippen LogP contribution in [0.2, 0.25) is 0 Å². The Morgan fingerprint density at radius 1 is 0.964 bits per heavy atom. The second-order valence-corrected chi connectivity index (χ2v) is 7.51. The lowest BCUT2D eigenvalue weighted by Crippen LogP contribution is -2.30. The van der Waals surface area contributed by atoms with E-state index in [1.807, 2.05) is 57.2 Å². The van der Waals surface area contributed by atoms with E-state index in [-0.39, 0.29) is 17.4 Å². The van der Waals surface area contributed by atoms with E-state index in [1.54, 1.807) is 31.9 Å². The number of nitrogens with one attached hydrogen (secondary N) is 1. The highest BCUT2D eigenvalue weighted by Gasteiger charge is 2.21. The first kappa shape index (κ1) is 19.5. The molecule has 0 aliphatic rings. The van der Waals surface area contributed by atoms with Gasteiger partial charge >= 0.3 is 0 Å². The van der Waals surface area contributed by atoms with Gasteiger partial charge in [0.2, 0.25) is 0 Å². The molecule has 0 spiro atoms. The van der Waals surface area contributed by atoms with Crippen molar-refractivity contribution in [2.45, 2.75) is 32.2 Å². The SMILES string of the molecule is COc1ccc(C(NC(=O)c2cnc(C(C)(C)C)nc2)c2ccncc2)cc1. The van der Waals surface area contributed by atoms with Gasteiger partial charge < -0.3 is 10.1 Å². The van der Waals surface area contributed by atoms with Crippen molar-refractivity contribution in [3.63, 3.8) is 0 Å². The number of carbonyl (C=O) groups excluding carboxylic acids is 1. The van der Waals surface area contributed by atoms with Crippen LogP contribution in [0.25, 0.3) is 0 Å². The van der Waals surface area contributed by atoms with Crippen LogP contribution in [0.15, 0.2) is 61.2 Å². The molecule has 0 aliphatic heterocycles. The highest BCUT2D eigenvalue weighted by atomic mass is 16.5. The Hall–Kier alpha value is -3.28. The van der Waals surface area contributed by atoms with Gasteiger partial charge in [-0.2, -0.15) is 0 Å². The molecule has 3 rings (SSSR count). The van der Waals surface area contributed by atoms with Crippen LogP contribution in [0.4, 0.5) is 0 Å². The van der Waals surface area contributed by atoms with Gasteiger partial charge in [-0.1, -0.05) is 32.9 Å². The quantitative estimate of drug-likeness (QED) is 0.735. The first-order valence-corrected chi connectivity index (χ1v) is 9.06. The van der Waals surface area contributed by atoms with Crippen LogP contribution >= 0.6 is 0 Å². The largest absolute Gasteiger partial charge is 0.497 e. The molecule has 0 aliphatic carbocycles. The molecule has 1 aromatic carbocycles. The molecule has 2 heterocycles. The van der Waals surface area contributed by atoms with Gasteiger partial charge in [-0.05, 0) is 35.4 Å². The number of carbonyl (C=O) groups is 1. The van der Waals surface area contributed by atoms with Gasteiger partial charge in [0.05, 0.1) is 18.7 Å². The molecular formula is C22H24N4O2. The number of benzene rings is 1. The summed E-state index contributed by atoms with van der Waals surface area (Å²) in [5.74, 6) is 1.22. The summed E-state index contributed by atoms with van der Waals surface area (Å²) in [6.45, 7) is 6.10. The molecule has 1 unspecified atom stereocenters. The van der Waals surface area contributed by atoms with E-state index in [1.165, 1.54) is 0 Å². The standard InChI is InChI=1S/C22H24N4O2/c1-22(2,3)21-24-13-17(14-25-21)20(27)26-19(16-9-11-23-12-10-16)15-5-7-18(28-4)8-6-15/h5-14,19H,1-4H3,(H,26,27). The van der Waals surface area contributed by atoms with Gasteiger partial charge in [0, 0.05) is 30.2 Å². The molecule has 1 atom stereocenters. The zero-order valence-electron chi connectivity index (χ0n) is 16.5. The fourth-order valence-electron chi connectivity index (χ4n) is 2.76. The Labute approximate surface area is 165 Å². The average molecular weight is 376 g/mol. The molecule has 1 N–H and O–H groups in total. The van der Waals surface area contributed by atoms with Gasteiger partial charge in [-0.3, -0.25) is 9.78 Å². The summed E-state index contributed by atoms with van der Waals surface area (Å²) >= 11 is 0. The number of methoxy groups -OCH3 is 1. The first-order valence-electron chi connectivity index (χ1n) is 9.06. The highest BCUT2D eigenvalue weighted by Crippen LogP contribution is 2.24. The number of amides is 1. The number of hydrogen-bond donors (Lipinski definition) is 1. The molecule has 3 aromatic rings. The Bertz CT molecular complexity index is 918. The van der Waals surface area contributed by atoms with E-state index in [0.717, 1.165) is 16.9 Å². The van der Waals surface area contributed by atoms with E-state index in [4.69, 9.17) is 4.74 Å².